The highest BCUT2D eigenvalue weighted by atomic mass is 16.6. The van der Waals surface area contributed by atoms with Crippen molar-refractivity contribution >= 4 is 22.9 Å². The first-order chi connectivity index (χ1) is 16.7. The second-order valence-corrected chi connectivity index (χ2v) is 7.71. The Morgan fingerprint density at radius 3 is 2.59 bits per heavy atom. The molecule has 176 valence electrons. The minimum atomic E-state index is -0.585. The van der Waals surface area contributed by atoms with Gasteiger partial charge in [0, 0.05) is 26.2 Å². The number of anilines is 1. The van der Waals surface area contributed by atoms with Gasteiger partial charge in [-0.15, -0.1) is 0 Å². The zero-order valence-electron chi connectivity index (χ0n) is 19.0. The zero-order chi connectivity index (χ0) is 23.8. The molecule has 0 atom stereocenters. The minimum Gasteiger partial charge on any atom is -0.428 e. The van der Waals surface area contributed by atoms with Crippen LogP contribution in [0.15, 0.2) is 82.0 Å². The van der Waals surface area contributed by atoms with Crippen LogP contribution < -0.4 is 21.7 Å². The molecule has 0 aliphatic carbocycles. The molecule has 1 aromatic heterocycles. The summed E-state index contributed by atoms with van der Waals surface area (Å²) in [6, 6.07) is 24.2. The van der Waals surface area contributed by atoms with E-state index in [-0.39, 0.29) is 6.73 Å². The molecule has 0 saturated carbocycles. The van der Waals surface area contributed by atoms with Crippen LogP contribution in [0.1, 0.15) is 12.5 Å². The van der Waals surface area contributed by atoms with E-state index >= 15 is 0 Å². The van der Waals surface area contributed by atoms with Gasteiger partial charge in [-0.2, -0.15) is 0 Å². The summed E-state index contributed by atoms with van der Waals surface area (Å²) in [5.74, 6) is -0.579. The molecule has 3 N–H and O–H groups in total. The number of hydrogen-bond donors (Lipinski definition) is 3. The van der Waals surface area contributed by atoms with Crippen LogP contribution in [0.3, 0.4) is 0 Å². The first-order valence-corrected chi connectivity index (χ1v) is 11.3. The van der Waals surface area contributed by atoms with E-state index in [2.05, 4.69) is 52.3 Å². The SMILES string of the molecule is CCNC(=O)OCn1c(=O)oc2c(NCCNCc3cccc(-c4ccccc4)c3)cccc21. The number of para-hydroxylation sites is 1. The molecule has 0 unspecified atom stereocenters. The van der Waals surface area contributed by atoms with Crippen LogP contribution in [0.4, 0.5) is 10.5 Å². The van der Waals surface area contributed by atoms with E-state index in [0.29, 0.717) is 29.9 Å². The highest BCUT2D eigenvalue weighted by molar-refractivity contribution is 5.86. The summed E-state index contributed by atoms with van der Waals surface area (Å²) in [6.45, 7) is 4.12. The van der Waals surface area contributed by atoms with Gasteiger partial charge in [0.2, 0.25) is 0 Å². The third-order valence-electron chi connectivity index (χ3n) is 5.32. The monoisotopic (exact) mass is 460 g/mol. The van der Waals surface area contributed by atoms with Crippen LogP contribution in [-0.4, -0.2) is 30.3 Å². The molecule has 0 fully saturated rings. The van der Waals surface area contributed by atoms with E-state index in [4.69, 9.17) is 9.15 Å². The van der Waals surface area contributed by atoms with Crippen LogP contribution >= 0.6 is 0 Å². The van der Waals surface area contributed by atoms with E-state index in [0.717, 1.165) is 13.1 Å². The van der Waals surface area contributed by atoms with Crippen molar-refractivity contribution in [3.05, 3.63) is 88.9 Å². The summed E-state index contributed by atoms with van der Waals surface area (Å²) in [7, 11) is 0. The number of aromatic nitrogens is 1. The van der Waals surface area contributed by atoms with Crippen molar-refractivity contribution in [3.63, 3.8) is 0 Å². The van der Waals surface area contributed by atoms with Gasteiger partial charge in [0.25, 0.3) is 0 Å². The Morgan fingerprint density at radius 1 is 0.971 bits per heavy atom. The van der Waals surface area contributed by atoms with Crippen molar-refractivity contribution in [1.29, 1.82) is 0 Å². The first kappa shape index (κ1) is 23.1. The lowest BCUT2D eigenvalue weighted by atomic mass is 10.0. The van der Waals surface area contributed by atoms with Crippen LogP contribution in [0.25, 0.3) is 22.2 Å². The molecular formula is C26H28N4O4. The number of nitrogens with zero attached hydrogens (tertiary/aromatic N) is 1. The maximum absolute atomic E-state index is 12.3. The topological polar surface area (TPSA) is 97.5 Å². The lowest BCUT2D eigenvalue weighted by molar-refractivity contribution is 0.113. The molecule has 0 saturated heterocycles. The van der Waals surface area contributed by atoms with Crippen molar-refractivity contribution < 1.29 is 13.9 Å². The van der Waals surface area contributed by atoms with Crippen LogP contribution in [0, 0.1) is 0 Å². The van der Waals surface area contributed by atoms with Crippen molar-refractivity contribution in [2.75, 3.05) is 25.0 Å². The van der Waals surface area contributed by atoms with Gasteiger partial charge in [-0.05, 0) is 41.8 Å². The normalized spacial score (nSPS) is 10.9. The molecular weight excluding hydrogens is 432 g/mol. The molecule has 8 nitrogen and oxygen atoms in total. The van der Waals surface area contributed by atoms with Gasteiger partial charge in [0.1, 0.15) is 0 Å². The number of oxazole rings is 1. The highest BCUT2D eigenvalue weighted by Gasteiger charge is 2.14. The van der Waals surface area contributed by atoms with Gasteiger partial charge in [-0.1, -0.05) is 54.6 Å². The number of amides is 1. The second-order valence-electron chi connectivity index (χ2n) is 7.71. The molecule has 0 bridgehead atoms. The highest BCUT2D eigenvalue weighted by Crippen LogP contribution is 2.22. The Kier molecular flexibility index (Phi) is 7.62. The third-order valence-corrected chi connectivity index (χ3v) is 5.32. The number of alkyl carbamates (subject to hydrolysis) is 1. The maximum atomic E-state index is 12.3. The van der Waals surface area contributed by atoms with Crippen molar-refractivity contribution in [3.8, 4) is 11.1 Å². The lowest BCUT2D eigenvalue weighted by Gasteiger charge is -2.10. The zero-order valence-corrected chi connectivity index (χ0v) is 19.0. The average molecular weight is 461 g/mol. The predicted molar refractivity (Wildman–Crippen MR) is 133 cm³/mol. The number of benzene rings is 3. The number of ether oxygens (including phenoxy) is 1. The Balaban J connectivity index is 1.32. The molecule has 0 aliphatic rings. The molecule has 3 aromatic carbocycles. The largest absolute Gasteiger partial charge is 0.428 e. The van der Waals surface area contributed by atoms with Gasteiger partial charge in [0.05, 0.1) is 11.2 Å². The van der Waals surface area contributed by atoms with Crippen LogP contribution in [0.2, 0.25) is 0 Å². The molecule has 0 spiro atoms. The summed E-state index contributed by atoms with van der Waals surface area (Å²) >= 11 is 0. The number of hydrogen-bond acceptors (Lipinski definition) is 6. The summed E-state index contributed by atoms with van der Waals surface area (Å²) in [5.41, 5.74) is 5.30. The molecule has 34 heavy (non-hydrogen) atoms. The Labute approximate surface area is 197 Å². The smallest absolute Gasteiger partial charge is 0.422 e. The van der Waals surface area contributed by atoms with Crippen molar-refractivity contribution in [2.45, 2.75) is 20.2 Å². The summed E-state index contributed by atoms with van der Waals surface area (Å²) in [5, 5.41) is 9.27. The minimum absolute atomic E-state index is 0.218. The fourth-order valence-electron chi connectivity index (χ4n) is 3.68. The standard InChI is InChI=1S/C26H28N4O4/c1-2-28-25(31)33-18-30-23-13-7-12-22(24(23)34-26(30)32)29-15-14-27-17-19-8-6-11-21(16-19)20-9-4-3-5-10-20/h3-13,16,27,29H,2,14-15,17-18H2,1H3,(H,28,31). The van der Waals surface area contributed by atoms with Gasteiger partial charge >= 0.3 is 11.8 Å². The van der Waals surface area contributed by atoms with Crippen LogP contribution in [-0.2, 0) is 18.0 Å². The Bertz CT molecular complexity index is 1300. The van der Waals surface area contributed by atoms with Crippen LogP contribution in [0.5, 0.6) is 0 Å². The summed E-state index contributed by atoms with van der Waals surface area (Å²) in [6.07, 6.45) is -0.585. The van der Waals surface area contributed by atoms with Crippen molar-refractivity contribution in [1.82, 2.24) is 15.2 Å². The maximum Gasteiger partial charge on any atom is 0.422 e. The van der Waals surface area contributed by atoms with Gasteiger partial charge in [-0.25, -0.2) is 14.2 Å². The quantitative estimate of drug-likeness (QED) is 0.308. The van der Waals surface area contributed by atoms with E-state index in [9.17, 15) is 9.59 Å². The van der Waals surface area contributed by atoms with E-state index in [1.165, 1.54) is 21.3 Å². The number of nitrogens with one attached hydrogen (secondary N) is 3. The molecule has 4 rings (SSSR count). The summed E-state index contributed by atoms with van der Waals surface area (Å²) < 4.78 is 11.8. The molecule has 1 amide bonds. The number of fused-ring (bicyclic) bond motifs is 1. The van der Waals surface area contributed by atoms with Gasteiger partial charge < -0.3 is 25.1 Å². The van der Waals surface area contributed by atoms with E-state index in [1.54, 1.807) is 13.0 Å². The molecule has 1 heterocycles. The molecule has 0 aliphatic heterocycles. The lowest BCUT2D eigenvalue weighted by Crippen LogP contribution is -2.26. The van der Waals surface area contributed by atoms with E-state index in [1.807, 2.05) is 30.3 Å². The summed E-state index contributed by atoms with van der Waals surface area (Å²) in [4.78, 5) is 23.8. The van der Waals surface area contributed by atoms with Gasteiger partial charge in [0.15, 0.2) is 12.3 Å². The predicted octanol–water partition coefficient (Wildman–Crippen LogP) is 4.17. The molecule has 4 aromatic rings. The average Bonchev–Trinajstić information content (AvgIpc) is 3.19. The number of carbonyl (C=O) groups is 1. The third kappa shape index (κ3) is 5.65. The molecule has 8 heteroatoms. The van der Waals surface area contributed by atoms with Gasteiger partial charge in [-0.3, -0.25) is 0 Å². The van der Waals surface area contributed by atoms with Crippen molar-refractivity contribution in [2.24, 2.45) is 0 Å². The Morgan fingerprint density at radius 2 is 1.76 bits per heavy atom. The number of carbonyl (C=O) groups excluding carboxylic acids is 1. The fraction of sp³-hybridized carbons (Fsp3) is 0.231. The first-order valence-electron chi connectivity index (χ1n) is 11.3. The fourth-order valence-corrected chi connectivity index (χ4v) is 3.68. The number of rotatable bonds is 10. The second kappa shape index (κ2) is 11.2. The Hall–Kier alpha value is -4.04. The molecule has 0 radical (unpaired) electrons. The van der Waals surface area contributed by atoms with E-state index < -0.39 is 11.8 Å².